The zero-order valence-corrected chi connectivity index (χ0v) is 12.9. The molecule has 0 aromatic carbocycles. The molecule has 0 bridgehead atoms. The van der Waals surface area contributed by atoms with Crippen LogP contribution in [0.2, 0.25) is 0 Å². The highest BCUT2D eigenvalue weighted by molar-refractivity contribution is 7.90. The average Bonchev–Trinajstić information content (AvgIpc) is 2.81. The van der Waals surface area contributed by atoms with Crippen LogP contribution in [0.1, 0.15) is 42.0 Å². The Balaban J connectivity index is 1.99. The fraction of sp³-hybridized carbons (Fsp3) is 0.692. The first-order valence-corrected chi connectivity index (χ1v) is 9.65. The number of hydrogen-bond donors (Lipinski definition) is 2. The van der Waals surface area contributed by atoms with Crippen molar-refractivity contribution in [2.75, 3.05) is 12.0 Å². The predicted octanol–water partition coefficient (Wildman–Crippen LogP) is 1.82. The molecule has 1 aliphatic rings. The predicted molar refractivity (Wildman–Crippen MR) is 80.1 cm³/mol. The van der Waals surface area contributed by atoms with E-state index in [4.69, 9.17) is 5.84 Å². The summed E-state index contributed by atoms with van der Waals surface area (Å²) in [7, 11) is -2.87. The first-order chi connectivity index (χ1) is 9.01. The van der Waals surface area contributed by atoms with Gasteiger partial charge in [0, 0.05) is 28.8 Å². The summed E-state index contributed by atoms with van der Waals surface area (Å²) in [6, 6.07) is 2.38. The second kappa shape index (κ2) is 6.35. The van der Waals surface area contributed by atoms with Crippen molar-refractivity contribution in [1.29, 1.82) is 0 Å². The molecule has 1 aromatic rings. The van der Waals surface area contributed by atoms with E-state index in [0.29, 0.717) is 12.3 Å². The molecular formula is C13H22N2O2S2. The molecule has 0 fully saturated rings. The first kappa shape index (κ1) is 15.0. The standard InChI is InChI=1S/C13H22N2O2S2/c1-19(16,17)9-3-5-12(15-14)10-4-2-6-13-11(10)7-8-18-13/h7-8,10,12,15H,2-6,9,14H2,1H3. The molecule has 1 aliphatic carbocycles. The van der Waals surface area contributed by atoms with Gasteiger partial charge in [0.2, 0.25) is 0 Å². The molecule has 0 radical (unpaired) electrons. The number of aryl methyl sites for hydroxylation is 1. The lowest BCUT2D eigenvalue weighted by Gasteiger charge is -2.30. The zero-order valence-electron chi connectivity index (χ0n) is 11.3. The van der Waals surface area contributed by atoms with Crippen LogP contribution in [0, 0.1) is 0 Å². The van der Waals surface area contributed by atoms with Crippen molar-refractivity contribution in [1.82, 2.24) is 5.43 Å². The van der Waals surface area contributed by atoms with Crippen LogP contribution in [-0.4, -0.2) is 26.5 Å². The van der Waals surface area contributed by atoms with E-state index in [-0.39, 0.29) is 11.8 Å². The number of hydrazine groups is 1. The van der Waals surface area contributed by atoms with Gasteiger partial charge >= 0.3 is 0 Å². The third kappa shape index (κ3) is 4.02. The van der Waals surface area contributed by atoms with Crippen molar-refractivity contribution >= 4 is 21.2 Å². The molecule has 3 N–H and O–H groups in total. The van der Waals surface area contributed by atoms with E-state index in [2.05, 4.69) is 16.9 Å². The highest BCUT2D eigenvalue weighted by Crippen LogP contribution is 2.37. The molecule has 2 rings (SSSR count). The van der Waals surface area contributed by atoms with Crippen LogP contribution in [0.3, 0.4) is 0 Å². The van der Waals surface area contributed by atoms with Gasteiger partial charge in [-0.05, 0) is 49.1 Å². The third-order valence-electron chi connectivity index (χ3n) is 3.83. The van der Waals surface area contributed by atoms with Crippen molar-refractivity contribution < 1.29 is 8.42 Å². The van der Waals surface area contributed by atoms with Crippen LogP contribution in [-0.2, 0) is 16.3 Å². The van der Waals surface area contributed by atoms with Crippen molar-refractivity contribution in [2.24, 2.45) is 5.84 Å². The molecule has 108 valence electrons. The van der Waals surface area contributed by atoms with Gasteiger partial charge in [-0.1, -0.05) is 0 Å². The lowest BCUT2D eigenvalue weighted by Crippen LogP contribution is -2.41. The molecule has 19 heavy (non-hydrogen) atoms. The Morgan fingerprint density at radius 1 is 1.58 bits per heavy atom. The quantitative estimate of drug-likeness (QED) is 0.621. The van der Waals surface area contributed by atoms with Crippen LogP contribution in [0.25, 0.3) is 0 Å². The summed E-state index contributed by atoms with van der Waals surface area (Å²) in [5.41, 5.74) is 4.31. The number of nitrogens with one attached hydrogen (secondary N) is 1. The zero-order chi connectivity index (χ0) is 13.9. The minimum atomic E-state index is -2.87. The van der Waals surface area contributed by atoms with E-state index in [0.717, 1.165) is 12.8 Å². The van der Waals surface area contributed by atoms with E-state index in [1.807, 2.05) is 11.3 Å². The summed E-state index contributed by atoms with van der Waals surface area (Å²) < 4.78 is 22.4. The number of nitrogens with two attached hydrogens (primary N) is 1. The van der Waals surface area contributed by atoms with Crippen molar-refractivity contribution in [3.05, 3.63) is 21.9 Å². The van der Waals surface area contributed by atoms with Crippen LogP contribution < -0.4 is 11.3 Å². The maximum atomic E-state index is 11.2. The molecule has 4 nitrogen and oxygen atoms in total. The van der Waals surface area contributed by atoms with Gasteiger partial charge in [0.15, 0.2) is 0 Å². The van der Waals surface area contributed by atoms with Crippen LogP contribution in [0.5, 0.6) is 0 Å². The number of hydrogen-bond acceptors (Lipinski definition) is 5. The fourth-order valence-electron chi connectivity index (χ4n) is 2.91. The number of fused-ring (bicyclic) bond motifs is 1. The number of sulfone groups is 1. The second-order valence-corrected chi connectivity index (χ2v) is 8.60. The lowest BCUT2D eigenvalue weighted by molar-refractivity contribution is 0.377. The van der Waals surface area contributed by atoms with Crippen molar-refractivity contribution in [3.8, 4) is 0 Å². The second-order valence-electron chi connectivity index (χ2n) is 5.34. The summed E-state index contributed by atoms with van der Waals surface area (Å²) in [6.45, 7) is 0. The highest BCUT2D eigenvalue weighted by atomic mass is 32.2. The van der Waals surface area contributed by atoms with Gasteiger partial charge in [0.05, 0.1) is 0 Å². The van der Waals surface area contributed by atoms with Crippen molar-refractivity contribution in [3.63, 3.8) is 0 Å². The SMILES string of the molecule is CS(=O)(=O)CCCC(NN)C1CCCc2sccc21. The van der Waals surface area contributed by atoms with E-state index < -0.39 is 9.84 Å². The normalized spacial score (nSPS) is 21.1. The van der Waals surface area contributed by atoms with E-state index >= 15 is 0 Å². The first-order valence-electron chi connectivity index (χ1n) is 6.71. The van der Waals surface area contributed by atoms with E-state index in [9.17, 15) is 8.42 Å². The molecule has 0 amide bonds. The molecule has 0 spiro atoms. The molecule has 1 aromatic heterocycles. The Bertz CT molecular complexity index is 510. The smallest absolute Gasteiger partial charge is 0.147 e. The number of rotatable bonds is 6. The summed E-state index contributed by atoms with van der Waals surface area (Å²) in [4.78, 5) is 1.47. The molecule has 2 atom stereocenters. The van der Waals surface area contributed by atoms with Crippen LogP contribution in [0.15, 0.2) is 11.4 Å². The summed E-state index contributed by atoms with van der Waals surface area (Å²) in [6.07, 6.45) is 6.27. The Morgan fingerprint density at radius 2 is 2.37 bits per heavy atom. The largest absolute Gasteiger partial charge is 0.271 e. The number of thiophene rings is 1. The molecular weight excluding hydrogens is 280 g/mol. The van der Waals surface area contributed by atoms with Crippen LogP contribution >= 0.6 is 11.3 Å². The molecule has 0 saturated carbocycles. The monoisotopic (exact) mass is 302 g/mol. The average molecular weight is 302 g/mol. The lowest BCUT2D eigenvalue weighted by atomic mass is 9.81. The van der Waals surface area contributed by atoms with Crippen molar-refractivity contribution in [2.45, 2.75) is 44.1 Å². The fourth-order valence-corrected chi connectivity index (χ4v) is 4.59. The molecule has 0 aliphatic heterocycles. The van der Waals surface area contributed by atoms with Crippen LogP contribution in [0.4, 0.5) is 0 Å². The maximum Gasteiger partial charge on any atom is 0.147 e. The molecule has 1 heterocycles. The highest BCUT2D eigenvalue weighted by Gasteiger charge is 2.27. The van der Waals surface area contributed by atoms with Gasteiger partial charge in [0.1, 0.15) is 9.84 Å². The topological polar surface area (TPSA) is 72.2 Å². The van der Waals surface area contributed by atoms with E-state index in [1.54, 1.807) is 0 Å². The Morgan fingerprint density at radius 3 is 3.05 bits per heavy atom. The van der Waals surface area contributed by atoms with Gasteiger partial charge < -0.3 is 0 Å². The Labute approximate surface area is 119 Å². The third-order valence-corrected chi connectivity index (χ3v) is 5.86. The van der Waals surface area contributed by atoms with Gasteiger partial charge in [0.25, 0.3) is 0 Å². The van der Waals surface area contributed by atoms with Gasteiger partial charge in [-0.3, -0.25) is 11.3 Å². The summed E-state index contributed by atoms with van der Waals surface area (Å²) in [5.74, 6) is 6.36. The molecule has 0 saturated heterocycles. The van der Waals surface area contributed by atoms with E-state index in [1.165, 1.54) is 29.5 Å². The summed E-state index contributed by atoms with van der Waals surface area (Å²) in [5, 5.41) is 2.15. The summed E-state index contributed by atoms with van der Waals surface area (Å²) >= 11 is 1.82. The Hall–Kier alpha value is -0.430. The molecule has 2 unspecified atom stereocenters. The minimum Gasteiger partial charge on any atom is -0.271 e. The van der Waals surface area contributed by atoms with Gasteiger partial charge in [-0.25, -0.2) is 8.42 Å². The minimum absolute atomic E-state index is 0.176. The van der Waals surface area contributed by atoms with Gasteiger partial charge in [-0.2, -0.15) is 0 Å². The van der Waals surface area contributed by atoms with Gasteiger partial charge in [-0.15, -0.1) is 11.3 Å². The Kier molecular flexibility index (Phi) is 5.00. The maximum absolute atomic E-state index is 11.2. The molecule has 6 heteroatoms.